The van der Waals surface area contributed by atoms with Gasteiger partial charge < -0.3 is 54.3 Å². The lowest BCUT2D eigenvalue weighted by Gasteiger charge is -2.47. The quantitative estimate of drug-likeness (QED) is 0.0254. The maximum atomic E-state index is 13.3. The molecule has 34 heteroatoms. The Labute approximate surface area is 644 Å². The van der Waals surface area contributed by atoms with E-state index in [9.17, 15) is 134 Å². The monoisotopic (exact) mass is 1650 g/mol. The maximum absolute atomic E-state index is 13.3. The molecule has 3 aliphatic carbocycles. The van der Waals surface area contributed by atoms with Crippen LogP contribution in [0.5, 0.6) is 0 Å². The number of alkyl halides is 18. The van der Waals surface area contributed by atoms with Crippen LogP contribution in [0, 0.1) is 56.7 Å². The van der Waals surface area contributed by atoms with Crippen molar-refractivity contribution in [2.45, 2.75) is 402 Å². The molecule has 0 radical (unpaired) electrons. The average molecular weight is 1650 g/mol. The van der Waals surface area contributed by atoms with Gasteiger partial charge in [0.2, 0.25) is 0 Å². The molecule has 0 bridgehead atoms. The topological polar surface area (TPSA) is 253 Å². The fraction of sp³-hybridized carbons (Fsp3) is 0.935. The van der Waals surface area contributed by atoms with Gasteiger partial charge in [-0.2, -0.15) is 79.0 Å². The van der Waals surface area contributed by atoms with Crippen LogP contribution in [-0.4, -0.2) is 162 Å². The number of esters is 5. The summed E-state index contributed by atoms with van der Waals surface area (Å²) in [5.41, 5.74) is -21.6. The van der Waals surface area contributed by atoms with Crippen LogP contribution in [0.4, 0.5) is 79.0 Å². The number of hydrogen-bond donors (Lipinski definition) is 6. The van der Waals surface area contributed by atoms with E-state index < -0.39 is 196 Å². The van der Waals surface area contributed by atoms with Gasteiger partial charge in [0.25, 0.3) is 5.60 Å². The van der Waals surface area contributed by atoms with Gasteiger partial charge in [-0.3, -0.25) is 24.0 Å². The second-order valence-corrected chi connectivity index (χ2v) is 35.4. The summed E-state index contributed by atoms with van der Waals surface area (Å²) in [6.45, 7) is 36.3. The largest absolute Gasteiger partial charge is 0.462 e. The molecule has 3 fully saturated rings. The van der Waals surface area contributed by atoms with Crippen molar-refractivity contribution in [3.63, 3.8) is 0 Å². The Morgan fingerprint density at radius 3 is 1.01 bits per heavy atom. The first-order valence-corrected chi connectivity index (χ1v) is 37.9. The minimum absolute atomic E-state index is 0.0524. The number of carbonyl (C=O) groups excluding carboxylic acids is 5. The van der Waals surface area contributed by atoms with Gasteiger partial charge in [-0.25, -0.2) is 0 Å². The van der Waals surface area contributed by atoms with E-state index in [1.807, 2.05) is 34.6 Å². The third-order valence-corrected chi connectivity index (χ3v) is 22.4. The molecule has 0 amide bonds. The molecule has 6 N–H and O–H groups in total. The predicted molar refractivity (Wildman–Crippen MR) is 378 cm³/mol. The maximum Gasteiger partial charge on any atom is 0.426 e. The lowest BCUT2D eigenvalue weighted by atomic mass is 9.67. The highest BCUT2D eigenvalue weighted by molar-refractivity contribution is 5.78. The lowest BCUT2D eigenvalue weighted by Crippen LogP contribution is -2.64. The van der Waals surface area contributed by atoms with Crippen LogP contribution in [-0.2, 0) is 47.7 Å². The van der Waals surface area contributed by atoms with Crippen LogP contribution in [0.1, 0.15) is 301 Å². The average Bonchev–Trinajstić information content (AvgIpc) is 0.737. The highest BCUT2D eigenvalue weighted by Gasteiger charge is 2.74. The minimum atomic E-state index is -5.98. The second-order valence-electron chi connectivity index (χ2n) is 35.4. The molecule has 0 aromatic carbocycles. The van der Waals surface area contributed by atoms with Crippen molar-refractivity contribution in [1.82, 2.24) is 0 Å². The van der Waals surface area contributed by atoms with E-state index in [1.165, 1.54) is 20.8 Å². The zero-order valence-electron chi connectivity index (χ0n) is 69.2. The van der Waals surface area contributed by atoms with Crippen molar-refractivity contribution in [2.24, 2.45) is 56.7 Å². The number of ether oxygens (including phenoxy) is 5. The van der Waals surface area contributed by atoms with Crippen molar-refractivity contribution in [1.29, 1.82) is 0 Å². The second kappa shape index (κ2) is 40.8. The van der Waals surface area contributed by atoms with Crippen molar-refractivity contribution < 1.29 is 157 Å². The van der Waals surface area contributed by atoms with Gasteiger partial charge in [0.05, 0.1) is 32.7 Å². The van der Waals surface area contributed by atoms with Gasteiger partial charge in [0, 0.05) is 25.2 Å². The van der Waals surface area contributed by atoms with Crippen LogP contribution in [0.15, 0.2) is 0 Å². The first-order valence-electron chi connectivity index (χ1n) is 37.9. The Morgan fingerprint density at radius 1 is 0.351 bits per heavy atom. The summed E-state index contributed by atoms with van der Waals surface area (Å²) in [7, 11) is 0. The number of halogens is 18. The molecule has 0 aliphatic heterocycles. The molecule has 0 saturated heterocycles. The highest BCUT2D eigenvalue weighted by Crippen LogP contribution is 2.55. The highest BCUT2D eigenvalue weighted by atomic mass is 19.4. The SMILES string of the molecule is CCC(C)(C)C(=O)OC(C)CC(C)(O)C(F)(F)F.CCC(C)(C)C(=O)OC(CC(C)(O)C(F)(F)F)C1CCCCC1.CCC(C)(C)C(=O)OC(CC(C)C)CC(C)(O)C(F)(F)F.CCC(C)(C)C(=O)OC1CC(C(C)(C)O)CC(C(O)(C(F)(F)F)C(F)(F)F)C1.CCC(C)(C)C(=O)OC1CCC(C(C)(O)C(F)(F)F)CC1. The van der Waals surface area contributed by atoms with E-state index >= 15 is 0 Å². The molecule has 0 aromatic heterocycles. The third kappa shape index (κ3) is 33.1. The molecule has 0 aromatic rings. The predicted octanol–water partition coefficient (Wildman–Crippen LogP) is 20.0. The third-order valence-electron chi connectivity index (χ3n) is 22.4. The summed E-state index contributed by atoms with van der Waals surface area (Å²) in [4.78, 5) is 60.2. The Bertz CT molecular complexity index is 2820. The summed E-state index contributed by atoms with van der Waals surface area (Å²) in [5.74, 6) is -6.91. The van der Waals surface area contributed by atoms with Crippen LogP contribution >= 0.6 is 0 Å². The number of aliphatic hydroxyl groups is 6. The number of carbonyl (C=O) groups is 5. The molecule has 16 nitrogen and oxygen atoms in total. The van der Waals surface area contributed by atoms with Gasteiger partial charge >= 0.3 is 66.9 Å². The fourth-order valence-corrected chi connectivity index (χ4v) is 11.5. The smallest absolute Gasteiger partial charge is 0.426 e. The molecule has 10 unspecified atom stereocenters. The van der Waals surface area contributed by atoms with Crippen molar-refractivity contribution in [3.05, 3.63) is 0 Å². The summed E-state index contributed by atoms with van der Waals surface area (Å²) >= 11 is 0. The van der Waals surface area contributed by atoms with Gasteiger partial charge in [-0.05, 0) is 238 Å². The van der Waals surface area contributed by atoms with E-state index in [2.05, 4.69) is 0 Å². The van der Waals surface area contributed by atoms with Crippen LogP contribution in [0.25, 0.3) is 0 Å². The van der Waals surface area contributed by atoms with Crippen molar-refractivity contribution >= 4 is 29.8 Å². The van der Waals surface area contributed by atoms with Gasteiger partial charge in [-0.1, -0.05) is 67.7 Å². The first kappa shape index (κ1) is 109. The molecule has 10 atom stereocenters. The minimum Gasteiger partial charge on any atom is -0.462 e. The molecule has 3 aliphatic rings. The van der Waals surface area contributed by atoms with E-state index in [4.69, 9.17) is 23.7 Å². The Kier molecular flexibility index (Phi) is 40.0. The zero-order chi connectivity index (χ0) is 88.5. The normalized spacial score (nSPS) is 22.3. The molecule has 0 heterocycles. The molecular weight excluding hydrogens is 1520 g/mol. The lowest BCUT2D eigenvalue weighted by molar-refractivity contribution is -0.390. The Morgan fingerprint density at radius 2 is 0.676 bits per heavy atom. The number of rotatable bonds is 27. The van der Waals surface area contributed by atoms with Crippen LogP contribution in [0.2, 0.25) is 0 Å². The van der Waals surface area contributed by atoms with Gasteiger partial charge in [-0.15, -0.1) is 0 Å². The van der Waals surface area contributed by atoms with Crippen molar-refractivity contribution in [3.8, 4) is 0 Å². The standard InChI is InChI=1S/C18H28F6O4.C17H29F3O3.C15H25F3O3.C15H27F3O3.C12H21F3O3/c1-6-14(2,3)13(25)28-12-8-10(15(4,5)26)7-11(9-12)16(27,17(19,20)21)18(22,23)24;1-5-15(2,3)14(21)23-13(12-9-7-6-8-10-12)11-16(4,22)17(18,19)20;1-5-13(2,3)12(19)21-11-8-6-10(7-9-11)14(4,20)15(16,17)18;1-7-13(4,5)12(19)21-11(8-10(2)3)9-14(6,20)15(16,17)18;1-6-10(3,4)9(16)18-8(2)7-11(5,17)12(13,14)15/h10-12,26-27H,6-9H2,1-5H3;12-13,22H,5-11H2,1-4H3;10-11,20H,5-9H2,1-4H3;10-11,20H,7-9H2,1-6H3;8,17H,6-7H2,1-5H3. The molecule has 3 saturated carbocycles. The molecule has 3 rings (SSSR count). The Balaban J connectivity index is 0. The summed E-state index contributed by atoms with van der Waals surface area (Å²) in [6, 6.07) is 0. The Hall–Kier alpha value is -4.15. The molecule has 111 heavy (non-hydrogen) atoms. The summed E-state index contributed by atoms with van der Waals surface area (Å²) in [5, 5.41) is 58.3. The van der Waals surface area contributed by atoms with Gasteiger partial charge in [0.1, 0.15) is 30.5 Å². The molecule has 660 valence electrons. The van der Waals surface area contributed by atoms with Crippen molar-refractivity contribution in [2.75, 3.05) is 0 Å². The molecule has 0 spiro atoms. The summed E-state index contributed by atoms with van der Waals surface area (Å²) < 4.78 is 259. The van der Waals surface area contributed by atoms with E-state index in [1.54, 1.807) is 83.1 Å². The zero-order valence-corrected chi connectivity index (χ0v) is 69.2. The van der Waals surface area contributed by atoms with Gasteiger partial charge in [0.15, 0.2) is 22.4 Å². The molecular formula is C77H130F18O16. The van der Waals surface area contributed by atoms with Crippen LogP contribution in [0.3, 0.4) is 0 Å². The summed E-state index contributed by atoms with van der Waals surface area (Å²) in [6.07, 6.45) is -30.5. The van der Waals surface area contributed by atoms with E-state index in [-0.39, 0.29) is 49.6 Å². The fourth-order valence-electron chi connectivity index (χ4n) is 11.5. The van der Waals surface area contributed by atoms with Crippen LogP contribution < -0.4 is 0 Å². The number of hydrogen-bond acceptors (Lipinski definition) is 16. The van der Waals surface area contributed by atoms with E-state index in [0.717, 1.165) is 46.0 Å². The van der Waals surface area contributed by atoms with E-state index in [0.29, 0.717) is 58.8 Å². The first-order chi connectivity index (χ1) is 49.1.